The first kappa shape index (κ1) is 16.5. The number of anilines is 2. The molecule has 1 atom stereocenters. The molecule has 6 N–H and O–H groups in total. The maximum absolute atomic E-state index is 11.6. The Morgan fingerprint density at radius 2 is 2.00 bits per heavy atom. The highest BCUT2D eigenvalue weighted by molar-refractivity contribution is 5.94. The van der Waals surface area contributed by atoms with Gasteiger partial charge in [0, 0.05) is 6.20 Å². The van der Waals surface area contributed by atoms with Gasteiger partial charge in [0.05, 0.1) is 11.3 Å². The lowest BCUT2D eigenvalue weighted by Crippen LogP contribution is -2.41. The number of nitrogens with two attached hydrogens (primary N) is 2. The summed E-state index contributed by atoms with van der Waals surface area (Å²) in [5.41, 5.74) is 10.8. The fourth-order valence-corrected chi connectivity index (χ4v) is 1.46. The van der Waals surface area contributed by atoms with Crippen molar-refractivity contribution in [2.45, 2.75) is 39.5 Å². The second-order valence-corrected chi connectivity index (χ2v) is 5.54. The zero-order valence-electron chi connectivity index (χ0n) is 12.6. The van der Waals surface area contributed by atoms with Gasteiger partial charge < -0.3 is 26.8 Å². The second kappa shape index (κ2) is 6.29. The fraction of sp³-hybridized carbons (Fsp3) is 0.462. The zero-order valence-corrected chi connectivity index (χ0v) is 12.6. The van der Waals surface area contributed by atoms with Crippen molar-refractivity contribution in [1.29, 1.82) is 0 Å². The molecule has 1 aromatic heterocycles. The smallest absolute Gasteiger partial charge is 0.409 e. The first-order valence-corrected chi connectivity index (χ1v) is 6.40. The Morgan fingerprint density at radius 3 is 2.48 bits per heavy atom. The summed E-state index contributed by atoms with van der Waals surface area (Å²) in [7, 11) is 0. The first-order valence-electron chi connectivity index (χ1n) is 6.40. The van der Waals surface area contributed by atoms with E-state index < -0.39 is 23.8 Å². The Morgan fingerprint density at radius 1 is 1.38 bits per heavy atom. The van der Waals surface area contributed by atoms with Gasteiger partial charge in [-0.1, -0.05) is 0 Å². The van der Waals surface area contributed by atoms with Crippen molar-refractivity contribution in [1.82, 2.24) is 10.3 Å². The second-order valence-electron chi connectivity index (χ2n) is 5.54. The summed E-state index contributed by atoms with van der Waals surface area (Å²) in [6, 6.07) is 1.41. The molecule has 116 valence electrons. The average Bonchev–Trinajstić information content (AvgIpc) is 2.28. The number of rotatable bonds is 4. The molecule has 0 aromatic carbocycles. The SMILES string of the molecule is CC(NC(=O)OC(C)(C)C)Nc1ncc(C(N)=O)cc1N. The lowest BCUT2D eigenvalue weighted by Gasteiger charge is -2.22. The standard InChI is InChI=1S/C13H21N5O3/c1-7(18-12(20)21-13(2,3)4)17-11-9(14)5-8(6-16-11)10(15)19/h5-7H,14H2,1-4H3,(H2,15,19)(H,16,17)(H,18,20). The number of nitrogens with zero attached hydrogens (tertiary/aromatic N) is 1. The van der Waals surface area contributed by atoms with E-state index >= 15 is 0 Å². The Kier molecular flexibility index (Phi) is 4.96. The zero-order chi connectivity index (χ0) is 16.2. The van der Waals surface area contributed by atoms with Gasteiger partial charge in [0.15, 0.2) is 5.82 Å². The van der Waals surface area contributed by atoms with Crippen LogP contribution in [0.1, 0.15) is 38.1 Å². The minimum atomic E-state index is -0.610. The Labute approximate surface area is 123 Å². The molecule has 0 aliphatic heterocycles. The van der Waals surface area contributed by atoms with Gasteiger partial charge in [0.2, 0.25) is 5.91 Å². The largest absolute Gasteiger partial charge is 0.444 e. The van der Waals surface area contributed by atoms with Crippen LogP contribution in [0.5, 0.6) is 0 Å². The Balaban J connectivity index is 2.65. The highest BCUT2D eigenvalue weighted by Crippen LogP contribution is 2.16. The van der Waals surface area contributed by atoms with Gasteiger partial charge in [-0.25, -0.2) is 9.78 Å². The molecular weight excluding hydrogens is 274 g/mol. The number of carbonyl (C=O) groups is 2. The maximum atomic E-state index is 11.6. The quantitative estimate of drug-likeness (QED) is 0.614. The molecule has 1 rings (SSSR count). The molecule has 0 saturated heterocycles. The molecule has 1 unspecified atom stereocenters. The van der Waals surface area contributed by atoms with Gasteiger partial charge in [-0.05, 0) is 33.8 Å². The van der Waals surface area contributed by atoms with Crippen LogP contribution < -0.4 is 22.1 Å². The number of nitrogens with one attached hydrogen (secondary N) is 2. The topological polar surface area (TPSA) is 132 Å². The molecule has 0 bridgehead atoms. The van der Waals surface area contributed by atoms with Crippen LogP contribution in [0.3, 0.4) is 0 Å². The molecule has 0 radical (unpaired) electrons. The summed E-state index contributed by atoms with van der Waals surface area (Å²) in [6.45, 7) is 7.01. The first-order chi connectivity index (χ1) is 9.58. The third-order valence-electron chi connectivity index (χ3n) is 2.29. The van der Waals surface area contributed by atoms with Crippen LogP contribution in [0.15, 0.2) is 12.3 Å². The van der Waals surface area contributed by atoms with E-state index in [1.165, 1.54) is 12.3 Å². The van der Waals surface area contributed by atoms with Crippen LogP contribution in [-0.2, 0) is 4.74 Å². The van der Waals surface area contributed by atoms with Gasteiger partial charge in [-0.15, -0.1) is 0 Å². The van der Waals surface area contributed by atoms with Gasteiger partial charge in [0.1, 0.15) is 11.8 Å². The number of pyridine rings is 1. The van der Waals surface area contributed by atoms with E-state index in [4.69, 9.17) is 16.2 Å². The van der Waals surface area contributed by atoms with Crippen LogP contribution in [0, 0.1) is 0 Å². The number of aromatic nitrogens is 1. The molecule has 21 heavy (non-hydrogen) atoms. The summed E-state index contributed by atoms with van der Waals surface area (Å²) in [4.78, 5) is 26.6. The number of hydrogen-bond donors (Lipinski definition) is 4. The number of ether oxygens (including phenoxy) is 1. The van der Waals surface area contributed by atoms with E-state index in [2.05, 4.69) is 15.6 Å². The van der Waals surface area contributed by atoms with E-state index in [9.17, 15) is 9.59 Å². The Bertz CT molecular complexity index is 539. The van der Waals surface area contributed by atoms with Crippen LogP contribution in [0.25, 0.3) is 0 Å². The van der Waals surface area contributed by atoms with E-state index in [1.54, 1.807) is 27.7 Å². The highest BCUT2D eigenvalue weighted by Gasteiger charge is 2.18. The molecule has 8 nitrogen and oxygen atoms in total. The van der Waals surface area contributed by atoms with E-state index in [-0.39, 0.29) is 11.3 Å². The summed E-state index contributed by atoms with van der Waals surface area (Å²) in [6.07, 6.45) is 0.283. The number of nitrogen functional groups attached to an aromatic ring is 1. The number of primary amides is 1. The van der Waals surface area contributed by atoms with E-state index in [0.29, 0.717) is 5.82 Å². The molecule has 1 heterocycles. The van der Waals surface area contributed by atoms with Gasteiger partial charge in [0.25, 0.3) is 0 Å². The molecule has 0 aliphatic rings. The predicted octanol–water partition coefficient (Wildman–Crippen LogP) is 1.05. The third-order valence-corrected chi connectivity index (χ3v) is 2.29. The number of amides is 2. The van der Waals surface area contributed by atoms with Gasteiger partial charge in [-0.3, -0.25) is 4.79 Å². The molecule has 0 aliphatic carbocycles. The minimum Gasteiger partial charge on any atom is -0.444 e. The number of carbonyl (C=O) groups excluding carboxylic acids is 2. The highest BCUT2D eigenvalue weighted by atomic mass is 16.6. The summed E-state index contributed by atoms with van der Waals surface area (Å²) in [5.74, 6) is -0.274. The van der Waals surface area contributed by atoms with Crippen molar-refractivity contribution in [3.8, 4) is 0 Å². The van der Waals surface area contributed by atoms with Gasteiger partial charge in [-0.2, -0.15) is 0 Å². The van der Waals surface area contributed by atoms with Gasteiger partial charge >= 0.3 is 6.09 Å². The molecular formula is C13H21N5O3. The lowest BCUT2D eigenvalue weighted by molar-refractivity contribution is 0.0514. The maximum Gasteiger partial charge on any atom is 0.409 e. The normalized spacial score (nSPS) is 12.4. The number of hydrogen-bond acceptors (Lipinski definition) is 6. The van der Waals surface area contributed by atoms with Crippen molar-refractivity contribution in [3.05, 3.63) is 17.8 Å². The van der Waals surface area contributed by atoms with Crippen molar-refractivity contribution < 1.29 is 14.3 Å². The molecule has 1 aromatic rings. The van der Waals surface area contributed by atoms with E-state index in [1.807, 2.05) is 0 Å². The molecule has 0 saturated carbocycles. The van der Waals surface area contributed by atoms with E-state index in [0.717, 1.165) is 0 Å². The average molecular weight is 295 g/mol. The predicted molar refractivity (Wildman–Crippen MR) is 79.6 cm³/mol. The fourth-order valence-electron chi connectivity index (χ4n) is 1.46. The van der Waals surface area contributed by atoms with Crippen LogP contribution >= 0.6 is 0 Å². The van der Waals surface area contributed by atoms with Crippen molar-refractivity contribution in [3.63, 3.8) is 0 Å². The van der Waals surface area contributed by atoms with Crippen molar-refractivity contribution in [2.75, 3.05) is 11.1 Å². The monoisotopic (exact) mass is 295 g/mol. The minimum absolute atomic E-state index is 0.214. The molecule has 2 amide bonds. The molecule has 0 spiro atoms. The van der Waals surface area contributed by atoms with Crippen LogP contribution in [0.2, 0.25) is 0 Å². The summed E-state index contributed by atoms with van der Waals surface area (Å²) >= 11 is 0. The summed E-state index contributed by atoms with van der Waals surface area (Å²) < 4.78 is 5.12. The molecule has 0 fully saturated rings. The third kappa shape index (κ3) is 5.55. The summed E-state index contributed by atoms with van der Waals surface area (Å²) in [5, 5.41) is 5.48. The van der Waals surface area contributed by atoms with Crippen LogP contribution in [-0.4, -0.2) is 28.8 Å². The van der Waals surface area contributed by atoms with Crippen LogP contribution in [0.4, 0.5) is 16.3 Å². The number of alkyl carbamates (subject to hydrolysis) is 1. The lowest BCUT2D eigenvalue weighted by atomic mass is 10.2. The van der Waals surface area contributed by atoms with Crippen molar-refractivity contribution >= 4 is 23.5 Å². The van der Waals surface area contributed by atoms with Crippen molar-refractivity contribution in [2.24, 2.45) is 5.73 Å². The Hall–Kier alpha value is -2.51. The molecule has 8 heteroatoms.